The van der Waals surface area contributed by atoms with E-state index in [1.54, 1.807) is 6.07 Å². The Morgan fingerprint density at radius 1 is 1.30 bits per heavy atom. The summed E-state index contributed by atoms with van der Waals surface area (Å²) in [7, 11) is 0. The normalized spacial score (nSPS) is 42.7. The number of quaternary nitrogens is 1. The van der Waals surface area contributed by atoms with Gasteiger partial charge in [-0.3, -0.25) is 0 Å². The molecule has 3 N–H and O–H groups in total. The third kappa shape index (κ3) is 1.59. The van der Waals surface area contributed by atoms with E-state index in [1.165, 1.54) is 11.1 Å². The Kier molecular flexibility index (Phi) is 2.65. The van der Waals surface area contributed by atoms with E-state index in [4.69, 9.17) is 0 Å². The minimum Gasteiger partial charge on any atom is -0.634 e. The monoisotopic (exact) mass is 275 g/mol. The molecule has 20 heavy (non-hydrogen) atoms. The number of hydrogen-bond donors (Lipinski definition) is 3. The van der Waals surface area contributed by atoms with E-state index in [0.717, 1.165) is 32.1 Å². The van der Waals surface area contributed by atoms with Crippen molar-refractivity contribution in [1.29, 1.82) is 0 Å². The maximum Gasteiger partial charge on any atom is 0.115 e. The topological polar surface area (TPSA) is 68.0 Å². The van der Waals surface area contributed by atoms with Crippen LogP contribution in [0, 0.1) is 11.1 Å². The van der Waals surface area contributed by atoms with Gasteiger partial charge in [-0.15, -0.1) is 0 Å². The fourth-order valence-corrected chi connectivity index (χ4v) is 5.10. The van der Waals surface area contributed by atoms with Gasteiger partial charge in [0.1, 0.15) is 5.75 Å². The second-order valence-corrected chi connectivity index (χ2v) is 6.82. The van der Waals surface area contributed by atoms with Crippen molar-refractivity contribution in [2.24, 2.45) is 5.92 Å². The number of hydroxylamine groups is 2. The average molecular weight is 275 g/mol. The van der Waals surface area contributed by atoms with Crippen molar-refractivity contribution in [3.63, 3.8) is 0 Å². The third-order valence-corrected chi connectivity index (χ3v) is 5.91. The average Bonchev–Trinajstić information content (AvgIpc) is 2.43. The third-order valence-electron chi connectivity index (χ3n) is 5.91. The lowest BCUT2D eigenvalue weighted by molar-refractivity contribution is -0.889. The number of hydrogen-bond acceptors (Lipinski definition) is 3. The molecule has 2 bridgehead atoms. The highest BCUT2D eigenvalue weighted by molar-refractivity contribution is 5.44. The van der Waals surface area contributed by atoms with Gasteiger partial charge in [0, 0.05) is 24.2 Å². The van der Waals surface area contributed by atoms with Crippen molar-refractivity contribution in [2.75, 3.05) is 6.54 Å². The van der Waals surface area contributed by atoms with E-state index in [0.29, 0.717) is 23.3 Å². The number of rotatable bonds is 0. The molecule has 1 unspecified atom stereocenters. The molecule has 4 nitrogen and oxygen atoms in total. The molecule has 108 valence electrons. The molecule has 5 atom stereocenters. The number of benzene rings is 1. The second-order valence-electron chi connectivity index (χ2n) is 6.82. The summed E-state index contributed by atoms with van der Waals surface area (Å²) in [5.74, 6) is 0.661. The summed E-state index contributed by atoms with van der Waals surface area (Å²) in [6.07, 6.45) is 3.88. The van der Waals surface area contributed by atoms with Gasteiger partial charge in [-0.1, -0.05) is 6.07 Å². The molecule has 2 fully saturated rings. The first kappa shape index (κ1) is 12.6. The Bertz CT molecular complexity index is 547. The molecule has 0 amide bonds. The number of aliphatic hydroxyl groups is 1. The van der Waals surface area contributed by atoms with Crippen LogP contribution in [-0.4, -0.2) is 28.9 Å². The van der Waals surface area contributed by atoms with E-state index >= 15 is 0 Å². The smallest absolute Gasteiger partial charge is 0.115 e. The van der Waals surface area contributed by atoms with Crippen LogP contribution in [0.5, 0.6) is 5.75 Å². The van der Waals surface area contributed by atoms with E-state index < -0.39 is 0 Å². The molecule has 1 saturated heterocycles. The first-order chi connectivity index (χ1) is 9.60. The Balaban J connectivity index is 1.90. The fourth-order valence-electron chi connectivity index (χ4n) is 5.10. The Hall–Kier alpha value is -1.10. The molecule has 1 aromatic rings. The van der Waals surface area contributed by atoms with Crippen molar-refractivity contribution in [1.82, 2.24) is 0 Å². The zero-order valence-electron chi connectivity index (χ0n) is 11.5. The Labute approximate surface area is 118 Å². The van der Waals surface area contributed by atoms with Crippen LogP contribution >= 0.6 is 0 Å². The largest absolute Gasteiger partial charge is 0.634 e. The van der Waals surface area contributed by atoms with Crippen molar-refractivity contribution in [3.05, 3.63) is 34.5 Å². The number of phenolic OH excluding ortho intramolecular Hbond substituents is 1. The summed E-state index contributed by atoms with van der Waals surface area (Å²) < 4.78 is 0. The maximum absolute atomic E-state index is 12.3. The lowest BCUT2D eigenvalue weighted by atomic mass is 9.52. The molecule has 1 aromatic carbocycles. The van der Waals surface area contributed by atoms with E-state index in [-0.39, 0.29) is 17.6 Å². The molecule has 1 saturated carbocycles. The molecule has 1 heterocycles. The van der Waals surface area contributed by atoms with Crippen molar-refractivity contribution < 1.29 is 15.3 Å². The zero-order chi connectivity index (χ0) is 13.9. The molecule has 0 aromatic heterocycles. The van der Waals surface area contributed by atoms with Gasteiger partial charge in [-0.25, -0.2) is 0 Å². The summed E-state index contributed by atoms with van der Waals surface area (Å²) in [4.78, 5) is 0. The molecule has 3 aliphatic rings. The number of fused-ring (bicyclic) bond motifs is 1. The highest BCUT2D eigenvalue weighted by atomic mass is 16.5. The minimum absolute atomic E-state index is 0.0808. The van der Waals surface area contributed by atoms with Crippen LogP contribution in [0.1, 0.15) is 36.8 Å². The van der Waals surface area contributed by atoms with Gasteiger partial charge in [0.25, 0.3) is 0 Å². The molecule has 1 aliphatic heterocycles. The Morgan fingerprint density at radius 2 is 2.15 bits per heavy atom. The molecule has 0 radical (unpaired) electrons. The van der Waals surface area contributed by atoms with Crippen LogP contribution in [0.3, 0.4) is 0 Å². The maximum atomic E-state index is 12.3. The Morgan fingerprint density at radius 3 is 3.00 bits per heavy atom. The van der Waals surface area contributed by atoms with E-state index in [9.17, 15) is 15.4 Å². The quantitative estimate of drug-likeness (QED) is 0.604. The van der Waals surface area contributed by atoms with E-state index in [1.807, 2.05) is 12.1 Å². The first-order valence-electron chi connectivity index (χ1n) is 7.63. The van der Waals surface area contributed by atoms with Gasteiger partial charge < -0.3 is 20.5 Å². The second kappa shape index (κ2) is 4.20. The van der Waals surface area contributed by atoms with Gasteiger partial charge in [0.15, 0.2) is 0 Å². The summed E-state index contributed by atoms with van der Waals surface area (Å²) in [6.45, 7) is 0.628. The molecule has 4 heteroatoms. The summed E-state index contributed by atoms with van der Waals surface area (Å²) in [6, 6.07) is 5.70. The van der Waals surface area contributed by atoms with Gasteiger partial charge in [0.2, 0.25) is 0 Å². The van der Waals surface area contributed by atoms with Crippen LogP contribution in [0.2, 0.25) is 0 Å². The number of aliphatic hydroxyl groups excluding tert-OH is 1. The van der Waals surface area contributed by atoms with Crippen LogP contribution in [-0.2, 0) is 11.8 Å². The lowest BCUT2D eigenvalue weighted by Crippen LogP contribution is -3.15. The first-order valence-corrected chi connectivity index (χ1v) is 7.63. The number of aromatic hydroxyl groups is 1. The van der Waals surface area contributed by atoms with Crippen LogP contribution in [0.25, 0.3) is 0 Å². The molecular weight excluding hydrogens is 254 g/mol. The van der Waals surface area contributed by atoms with Crippen LogP contribution in [0.4, 0.5) is 0 Å². The van der Waals surface area contributed by atoms with Gasteiger partial charge in [-0.05, 0) is 42.5 Å². The number of phenols is 1. The zero-order valence-corrected chi connectivity index (χ0v) is 11.5. The van der Waals surface area contributed by atoms with E-state index in [2.05, 4.69) is 0 Å². The lowest BCUT2D eigenvalue weighted by Gasteiger charge is -2.58. The van der Waals surface area contributed by atoms with Crippen LogP contribution in [0.15, 0.2) is 18.2 Å². The number of piperidine rings is 1. The number of nitrogens with one attached hydrogen (secondary N) is 1. The predicted octanol–water partition coefficient (Wildman–Crippen LogP) is 0.502. The molecular formula is C16H21NO3. The fraction of sp³-hybridized carbons (Fsp3) is 0.625. The summed E-state index contributed by atoms with van der Waals surface area (Å²) in [5.41, 5.74) is 2.32. The molecule has 2 aliphatic carbocycles. The SMILES string of the molecule is [O-][NH+]1CC[C@]23C[C@@H](O)CC[C@H]2[C@H]1Cc1ccc(O)cc13. The highest BCUT2D eigenvalue weighted by Crippen LogP contribution is 2.53. The minimum atomic E-state index is -0.270. The van der Waals surface area contributed by atoms with Crippen molar-refractivity contribution >= 4 is 0 Å². The van der Waals surface area contributed by atoms with Crippen molar-refractivity contribution in [2.45, 2.75) is 49.7 Å². The molecule has 4 rings (SSSR count). The highest BCUT2D eigenvalue weighted by Gasteiger charge is 2.56. The predicted molar refractivity (Wildman–Crippen MR) is 74.4 cm³/mol. The van der Waals surface area contributed by atoms with Crippen LogP contribution < -0.4 is 5.06 Å². The van der Waals surface area contributed by atoms with Crippen molar-refractivity contribution in [3.8, 4) is 5.75 Å². The summed E-state index contributed by atoms with van der Waals surface area (Å²) in [5, 5.41) is 32.7. The van der Waals surface area contributed by atoms with Gasteiger partial charge >= 0.3 is 0 Å². The summed E-state index contributed by atoms with van der Waals surface area (Å²) >= 11 is 0. The van der Waals surface area contributed by atoms with Gasteiger partial charge in [0.05, 0.1) is 18.7 Å². The standard InChI is InChI=1S/C16H21NO3/c18-11-2-1-10-7-15-13-4-3-12(19)9-16(13,14(10)8-11)5-6-17(15)20/h1-2,8,12-13,15,17-19H,3-7,9H2/t12-,13-,15+,16-/m0/s1. The van der Waals surface area contributed by atoms with Gasteiger partial charge in [-0.2, -0.15) is 0 Å². The molecule has 0 spiro atoms.